The van der Waals surface area contributed by atoms with Crippen LogP contribution < -0.4 is 10.1 Å². The number of benzene rings is 2. The van der Waals surface area contributed by atoms with Gasteiger partial charge in [-0.25, -0.2) is 4.98 Å². The number of imidazole rings is 1. The van der Waals surface area contributed by atoms with E-state index in [2.05, 4.69) is 39.9 Å². The highest BCUT2D eigenvalue weighted by atomic mass is 16.5. The number of fused-ring (bicyclic) bond motifs is 2. The average molecular weight is 376 g/mol. The van der Waals surface area contributed by atoms with Crippen LogP contribution in [-0.4, -0.2) is 39.2 Å². The number of rotatable bonds is 3. The number of ether oxygens (including phenoxy) is 1. The Bertz CT molecular complexity index is 1030. The number of piperidine rings is 1. The number of carbonyl (C=O) groups is 1. The fraction of sp³-hybridized carbons (Fsp3) is 0.364. The van der Waals surface area contributed by atoms with Crippen molar-refractivity contribution in [2.45, 2.75) is 38.6 Å². The summed E-state index contributed by atoms with van der Waals surface area (Å²) in [5, 5.41) is 3.11. The third kappa shape index (κ3) is 2.85. The molecular formula is C22H24N4O2. The highest BCUT2D eigenvalue weighted by Crippen LogP contribution is 2.33. The molecule has 0 radical (unpaired) electrons. The Morgan fingerprint density at radius 2 is 1.86 bits per heavy atom. The van der Waals surface area contributed by atoms with Crippen LogP contribution in [0.5, 0.6) is 5.75 Å². The standard InChI is InChI=1S/C22H24N4O2/c1-2-26-18-9-5-4-8-17(18)23-20(26)15-25-13-11-22(12-14-25)24-21(27)16-7-3-6-10-19(16)28-22/h3-10H,2,11-15H2,1H3,(H,24,27). The SMILES string of the molecule is CCn1c(CN2CCC3(CC2)NC(=O)c2ccccc2O3)nc2ccccc21. The average Bonchev–Trinajstić information content (AvgIpc) is 3.07. The summed E-state index contributed by atoms with van der Waals surface area (Å²) in [5.74, 6) is 1.74. The predicted molar refractivity (Wildman–Crippen MR) is 107 cm³/mol. The van der Waals surface area contributed by atoms with Crippen LogP contribution >= 0.6 is 0 Å². The van der Waals surface area contributed by atoms with Gasteiger partial charge in [0.1, 0.15) is 11.6 Å². The van der Waals surface area contributed by atoms with Crippen molar-refractivity contribution in [1.29, 1.82) is 0 Å². The van der Waals surface area contributed by atoms with Gasteiger partial charge in [-0.2, -0.15) is 0 Å². The molecule has 3 aromatic rings. The van der Waals surface area contributed by atoms with Crippen molar-refractivity contribution in [2.24, 2.45) is 0 Å². The molecular weight excluding hydrogens is 352 g/mol. The summed E-state index contributed by atoms with van der Waals surface area (Å²) in [6.07, 6.45) is 1.53. The van der Waals surface area contributed by atoms with Crippen LogP contribution in [0, 0.1) is 0 Å². The van der Waals surface area contributed by atoms with Gasteiger partial charge in [0, 0.05) is 32.5 Å². The minimum atomic E-state index is -0.590. The minimum absolute atomic E-state index is 0.0388. The fourth-order valence-corrected chi connectivity index (χ4v) is 4.35. The molecule has 5 rings (SSSR count). The molecule has 0 atom stereocenters. The molecule has 0 unspecified atom stereocenters. The third-order valence-electron chi connectivity index (χ3n) is 5.86. The number of nitrogens with zero attached hydrogens (tertiary/aromatic N) is 3. The monoisotopic (exact) mass is 376 g/mol. The number of amides is 1. The minimum Gasteiger partial charge on any atom is -0.467 e. The first-order valence-corrected chi connectivity index (χ1v) is 9.94. The van der Waals surface area contributed by atoms with E-state index in [4.69, 9.17) is 9.72 Å². The van der Waals surface area contributed by atoms with Gasteiger partial charge in [-0.05, 0) is 31.2 Å². The Labute approximate surface area is 164 Å². The number of nitrogens with one attached hydrogen (secondary N) is 1. The fourth-order valence-electron chi connectivity index (χ4n) is 4.35. The Kier molecular flexibility index (Phi) is 4.09. The summed E-state index contributed by atoms with van der Waals surface area (Å²) in [5.41, 5.74) is 2.26. The first kappa shape index (κ1) is 17.3. The Hall–Kier alpha value is -2.86. The molecule has 144 valence electrons. The molecule has 0 aliphatic carbocycles. The van der Waals surface area contributed by atoms with Gasteiger partial charge in [-0.1, -0.05) is 24.3 Å². The highest BCUT2D eigenvalue weighted by Gasteiger charge is 2.42. The van der Waals surface area contributed by atoms with Crippen LogP contribution in [0.1, 0.15) is 35.9 Å². The summed E-state index contributed by atoms with van der Waals surface area (Å²) >= 11 is 0. The maximum atomic E-state index is 12.5. The number of carbonyl (C=O) groups excluding carboxylic acids is 1. The lowest BCUT2D eigenvalue weighted by atomic mass is 9.97. The van der Waals surface area contributed by atoms with E-state index in [1.165, 1.54) is 5.52 Å². The second-order valence-electron chi connectivity index (χ2n) is 7.58. The molecule has 6 nitrogen and oxygen atoms in total. The van der Waals surface area contributed by atoms with Gasteiger partial charge >= 0.3 is 0 Å². The second kappa shape index (κ2) is 6.63. The molecule has 0 bridgehead atoms. The molecule has 3 heterocycles. The maximum absolute atomic E-state index is 12.5. The van der Waals surface area contributed by atoms with Gasteiger partial charge in [0.15, 0.2) is 5.72 Å². The quantitative estimate of drug-likeness (QED) is 0.763. The van der Waals surface area contributed by atoms with E-state index in [1.807, 2.05) is 30.3 Å². The van der Waals surface area contributed by atoms with E-state index in [-0.39, 0.29) is 5.91 Å². The van der Waals surface area contributed by atoms with Crippen molar-refractivity contribution in [3.63, 3.8) is 0 Å². The molecule has 6 heteroatoms. The van der Waals surface area contributed by atoms with E-state index in [0.717, 1.165) is 50.4 Å². The van der Waals surface area contributed by atoms with Gasteiger partial charge in [0.25, 0.3) is 5.91 Å². The molecule has 0 saturated carbocycles. The number of hydrogen-bond acceptors (Lipinski definition) is 4. The zero-order valence-electron chi connectivity index (χ0n) is 16.0. The van der Waals surface area contributed by atoms with E-state index >= 15 is 0 Å². The van der Waals surface area contributed by atoms with Gasteiger partial charge in [0.2, 0.25) is 0 Å². The number of likely N-dealkylation sites (tertiary alicyclic amines) is 1. The molecule has 28 heavy (non-hydrogen) atoms. The van der Waals surface area contributed by atoms with Crippen LogP contribution in [-0.2, 0) is 13.1 Å². The molecule has 1 amide bonds. The predicted octanol–water partition coefficient (Wildman–Crippen LogP) is 3.17. The van der Waals surface area contributed by atoms with Crippen LogP contribution in [0.25, 0.3) is 11.0 Å². The number of aryl methyl sites for hydroxylation is 1. The zero-order chi connectivity index (χ0) is 19.1. The summed E-state index contributed by atoms with van der Waals surface area (Å²) < 4.78 is 8.53. The van der Waals surface area contributed by atoms with E-state index in [0.29, 0.717) is 11.3 Å². The van der Waals surface area contributed by atoms with E-state index in [1.54, 1.807) is 0 Å². The van der Waals surface area contributed by atoms with Crippen LogP contribution in [0.2, 0.25) is 0 Å². The van der Waals surface area contributed by atoms with E-state index in [9.17, 15) is 4.79 Å². The highest BCUT2D eigenvalue weighted by molar-refractivity contribution is 5.98. The lowest BCUT2D eigenvalue weighted by molar-refractivity contribution is -0.0309. The molecule has 2 aromatic carbocycles. The zero-order valence-corrected chi connectivity index (χ0v) is 16.0. The number of aromatic nitrogens is 2. The van der Waals surface area contributed by atoms with Crippen molar-refractivity contribution < 1.29 is 9.53 Å². The number of hydrogen-bond donors (Lipinski definition) is 1. The Balaban J connectivity index is 1.31. The van der Waals surface area contributed by atoms with Crippen molar-refractivity contribution in [3.05, 3.63) is 59.9 Å². The van der Waals surface area contributed by atoms with Gasteiger partial charge < -0.3 is 14.6 Å². The van der Waals surface area contributed by atoms with Gasteiger partial charge in [-0.3, -0.25) is 9.69 Å². The first-order valence-electron chi connectivity index (χ1n) is 9.94. The molecule has 2 aliphatic rings. The summed E-state index contributed by atoms with van der Waals surface area (Å²) in [6.45, 7) is 5.59. The Morgan fingerprint density at radius 3 is 2.68 bits per heavy atom. The van der Waals surface area contributed by atoms with E-state index < -0.39 is 5.72 Å². The lowest BCUT2D eigenvalue weighted by Crippen LogP contribution is -2.60. The lowest BCUT2D eigenvalue weighted by Gasteiger charge is -2.44. The molecule has 1 fully saturated rings. The summed E-state index contributed by atoms with van der Waals surface area (Å²) in [4.78, 5) is 19.7. The van der Waals surface area contributed by atoms with Gasteiger partial charge in [-0.15, -0.1) is 0 Å². The van der Waals surface area contributed by atoms with Crippen LogP contribution in [0.15, 0.2) is 48.5 Å². The smallest absolute Gasteiger partial charge is 0.258 e. The normalized spacial score (nSPS) is 18.7. The van der Waals surface area contributed by atoms with Crippen molar-refractivity contribution in [1.82, 2.24) is 19.8 Å². The Morgan fingerprint density at radius 1 is 1.11 bits per heavy atom. The molecule has 1 spiro atoms. The van der Waals surface area contributed by atoms with Gasteiger partial charge in [0.05, 0.1) is 23.1 Å². The second-order valence-corrected chi connectivity index (χ2v) is 7.58. The summed E-state index contributed by atoms with van der Waals surface area (Å²) in [7, 11) is 0. The molecule has 1 aromatic heterocycles. The molecule has 2 aliphatic heterocycles. The molecule has 1 saturated heterocycles. The molecule has 1 N–H and O–H groups in total. The first-order chi connectivity index (χ1) is 13.7. The van der Waals surface area contributed by atoms with Crippen molar-refractivity contribution in [3.8, 4) is 5.75 Å². The number of para-hydroxylation sites is 3. The van der Waals surface area contributed by atoms with Crippen molar-refractivity contribution >= 4 is 16.9 Å². The largest absolute Gasteiger partial charge is 0.467 e. The van der Waals surface area contributed by atoms with Crippen LogP contribution in [0.3, 0.4) is 0 Å². The maximum Gasteiger partial charge on any atom is 0.258 e. The summed E-state index contributed by atoms with van der Waals surface area (Å²) in [6, 6.07) is 15.8. The van der Waals surface area contributed by atoms with Crippen molar-refractivity contribution in [2.75, 3.05) is 13.1 Å². The third-order valence-corrected chi connectivity index (χ3v) is 5.86. The topological polar surface area (TPSA) is 59.4 Å². The van der Waals surface area contributed by atoms with Crippen LogP contribution in [0.4, 0.5) is 0 Å².